The Labute approximate surface area is 199 Å². The minimum atomic E-state index is -4.61. The third kappa shape index (κ3) is 3.99. The van der Waals surface area contributed by atoms with Gasteiger partial charge in [-0.2, -0.15) is 13.2 Å². The molecule has 0 spiro atoms. The first-order valence-corrected chi connectivity index (χ1v) is 10.8. The summed E-state index contributed by atoms with van der Waals surface area (Å²) in [5.41, 5.74) is 1.82. The lowest BCUT2D eigenvalue weighted by atomic mass is 9.94. The molecule has 1 atom stereocenters. The number of fused-ring (bicyclic) bond motifs is 3. The number of imidazole rings is 1. The van der Waals surface area contributed by atoms with Gasteiger partial charge in [-0.25, -0.2) is 4.98 Å². The van der Waals surface area contributed by atoms with Gasteiger partial charge < -0.3 is 15.4 Å². The van der Waals surface area contributed by atoms with Crippen LogP contribution in [0.5, 0.6) is 5.75 Å². The number of para-hydroxylation sites is 3. The van der Waals surface area contributed by atoms with E-state index in [0.29, 0.717) is 17.4 Å². The number of nitrogens with zero attached hydrogens (tertiary/aromatic N) is 2. The Balaban J connectivity index is 1.64. The summed E-state index contributed by atoms with van der Waals surface area (Å²) in [6, 6.07) is 19.0. The van der Waals surface area contributed by atoms with Crippen LogP contribution in [0, 0.1) is 0 Å². The number of methoxy groups -OCH3 is 1. The first kappa shape index (κ1) is 22.5. The van der Waals surface area contributed by atoms with E-state index in [-0.39, 0.29) is 11.3 Å². The average molecular weight is 478 g/mol. The number of rotatable bonds is 4. The maximum absolute atomic E-state index is 13.6. The summed E-state index contributed by atoms with van der Waals surface area (Å²) in [5.74, 6) is 0.539. The van der Waals surface area contributed by atoms with Gasteiger partial charge in [-0.1, -0.05) is 36.4 Å². The third-order valence-corrected chi connectivity index (χ3v) is 5.99. The van der Waals surface area contributed by atoms with Crippen LogP contribution in [-0.2, 0) is 11.0 Å². The van der Waals surface area contributed by atoms with Gasteiger partial charge in [0.2, 0.25) is 5.95 Å². The van der Waals surface area contributed by atoms with Gasteiger partial charge in [0.1, 0.15) is 5.75 Å². The smallest absolute Gasteiger partial charge is 0.418 e. The highest BCUT2D eigenvalue weighted by Crippen LogP contribution is 2.41. The van der Waals surface area contributed by atoms with E-state index in [0.717, 1.165) is 22.7 Å². The van der Waals surface area contributed by atoms with Gasteiger partial charge in [-0.15, -0.1) is 0 Å². The number of allylic oxidation sites excluding steroid dienone is 1. The lowest BCUT2D eigenvalue weighted by molar-refractivity contribution is -0.137. The molecule has 1 aromatic heterocycles. The molecule has 6 nitrogen and oxygen atoms in total. The van der Waals surface area contributed by atoms with Crippen LogP contribution >= 0.6 is 0 Å². The summed E-state index contributed by atoms with van der Waals surface area (Å²) in [4.78, 5) is 18.2. The van der Waals surface area contributed by atoms with E-state index in [2.05, 4.69) is 15.6 Å². The van der Waals surface area contributed by atoms with Crippen molar-refractivity contribution in [2.75, 3.05) is 17.7 Å². The number of ether oxygens (including phenoxy) is 1. The van der Waals surface area contributed by atoms with Crippen molar-refractivity contribution in [3.8, 4) is 5.75 Å². The molecule has 0 aliphatic carbocycles. The number of hydrogen-bond donors (Lipinski definition) is 2. The molecule has 1 amide bonds. The van der Waals surface area contributed by atoms with Gasteiger partial charge in [0.15, 0.2) is 0 Å². The van der Waals surface area contributed by atoms with Crippen LogP contribution in [0.15, 0.2) is 84.1 Å². The van der Waals surface area contributed by atoms with Crippen molar-refractivity contribution in [1.29, 1.82) is 0 Å². The van der Waals surface area contributed by atoms with E-state index < -0.39 is 23.7 Å². The second-order valence-electron chi connectivity index (χ2n) is 8.13. The molecule has 0 saturated heterocycles. The molecule has 178 valence electrons. The molecular formula is C26H21F3N4O2. The Morgan fingerprint density at radius 3 is 2.43 bits per heavy atom. The predicted molar refractivity (Wildman–Crippen MR) is 127 cm³/mol. The quantitative estimate of drug-likeness (QED) is 0.378. The summed E-state index contributed by atoms with van der Waals surface area (Å²) >= 11 is 0. The lowest BCUT2D eigenvalue weighted by Gasteiger charge is -2.31. The molecule has 35 heavy (non-hydrogen) atoms. The number of aromatic nitrogens is 2. The number of nitrogens with one attached hydrogen (secondary N) is 2. The zero-order chi connectivity index (χ0) is 24.7. The fourth-order valence-corrected chi connectivity index (χ4v) is 4.39. The number of benzene rings is 3. The van der Waals surface area contributed by atoms with E-state index in [1.54, 1.807) is 26.2 Å². The molecule has 2 heterocycles. The zero-order valence-electron chi connectivity index (χ0n) is 18.9. The van der Waals surface area contributed by atoms with Crippen molar-refractivity contribution < 1.29 is 22.7 Å². The molecule has 5 rings (SSSR count). The minimum Gasteiger partial charge on any atom is -0.497 e. The summed E-state index contributed by atoms with van der Waals surface area (Å²) in [7, 11) is 1.56. The Bertz CT molecular complexity index is 1460. The fourth-order valence-electron chi connectivity index (χ4n) is 4.39. The van der Waals surface area contributed by atoms with E-state index in [4.69, 9.17) is 4.74 Å². The molecule has 2 N–H and O–H groups in total. The second kappa shape index (κ2) is 8.50. The van der Waals surface area contributed by atoms with E-state index in [1.165, 1.54) is 18.2 Å². The van der Waals surface area contributed by atoms with Crippen LogP contribution in [0.4, 0.5) is 24.8 Å². The SMILES string of the molecule is COc1ccc([C@H]2C(C(=O)Nc3ccccc3C(F)(F)F)=C(C)Nc3nc4ccccc4n32)cc1. The minimum absolute atomic E-state index is 0.280. The third-order valence-electron chi connectivity index (χ3n) is 5.99. The van der Waals surface area contributed by atoms with Crippen LogP contribution in [0.1, 0.15) is 24.1 Å². The van der Waals surface area contributed by atoms with E-state index in [9.17, 15) is 18.0 Å². The topological polar surface area (TPSA) is 68.2 Å². The average Bonchev–Trinajstić information content (AvgIpc) is 3.20. The molecule has 0 radical (unpaired) electrons. The van der Waals surface area contributed by atoms with Gasteiger partial charge in [0.05, 0.1) is 41.0 Å². The van der Waals surface area contributed by atoms with Crippen molar-refractivity contribution >= 4 is 28.6 Å². The molecular weight excluding hydrogens is 457 g/mol. The molecule has 1 aliphatic rings. The normalized spacial score (nSPS) is 15.5. The lowest BCUT2D eigenvalue weighted by Crippen LogP contribution is -2.31. The largest absolute Gasteiger partial charge is 0.497 e. The Morgan fingerprint density at radius 2 is 1.71 bits per heavy atom. The van der Waals surface area contributed by atoms with Gasteiger partial charge >= 0.3 is 6.18 Å². The standard InChI is InChI=1S/C26H21F3N4O2/c1-15-22(24(34)31-19-8-4-3-7-18(19)26(27,28)29)23(16-11-13-17(35-2)14-12-16)33-21-10-6-5-9-20(21)32-25(33)30-15/h3-14,23H,1-2H3,(H,30,32)(H,31,34)/t23-/m0/s1. The van der Waals surface area contributed by atoms with Crippen molar-refractivity contribution in [2.45, 2.75) is 19.1 Å². The first-order chi connectivity index (χ1) is 16.8. The fraction of sp³-hybridized carbons (Fsp3) is 0.154. The van der Waals surface area contributed by atoms with Gasteiger partial charge in [0, 0.05) is 5.70 Å². The highest BCUT2D eigenvalue weighted by atomic mass is 19.4. The summed E-state index contributed by atoms with van der Waals surface area (Å²) in [5, 5.41) is 5.65. The van der Waals surface area contributed by atoms with Gasteiger partial charge in [-0.05, 0) is 48.9 Å². The molecule has 0 saturated carbocycles. The van der Waals surface area contributed by atoms with Crippen molar-refractivity contribution in [3.63, 3.8) is 0 Å². The zero-order valence-corrected chi connectivity index (χ0v) is 18.9. The summed E-state index contributed by atoms with van der Waals surface area (Å²) in [6.07, 6.45) is -4.61. The maximum Gasteiger partial charge on any atom is 0.418 e. The number of carbonyl (C=O) groups excluding carboxylic acids is 1. The van der Waals surface area contributed by atoms with Gasteiger partial charge in [0.25, 0.3) is 5.91 Å². The second-order valence-corrected chi connectivity index (χ2v) is 8.13. The van der Waals surface area contributed by atoms with Crippen molar-refractivity contribution in [1.82, 2.24) is 9.55 Å². The van der Waals surface area contributed by atoms with Crippen LogP contribution in [-0.4, -0.2) is 22.6 Å². The van der Waals surface area contributed by atoms with Gasteiger partial charge in [-0.3, -0.25) is 9.36 Å². The molecule has 9 heteroatoms. The predicted octanol–water partition coefficient (Wildman–Crippen LogP) is 5.99. The summed E-state index contributed by atoms with van der Waals surface area (Å²) < 4.78 is 47.8. The van der Waals surface area contributed by atoms with Crippen LogP contribution in [0.3, 0.4) is 0 Å². The number of alkyl halides is 3. The maximum atomic E-state index is 13.6. The molecule has 4 aromatic rings. The Kier molecular flexibility index (Phi) is 5.47. The van der Waals surface area contributed by atoms with E-state index >= 15 is 0 Å². The highest BCUT2D eigenvalue weighted by Gasteiger charge is 2.37. The van der Waals surface area contributed by atoms with Crippen LogP contribution in [0.2, 0.25) is 0 Å². The van der Waals surface area contributed by atoms with Crippen LogP contribution < -0.4 is 15.4 Å². The molecule has 1 aliphatic heterocycles. The van der Waals surface area contributed by atoms with Crippen LogP contribution in [0.25, 0.3) is 11.0 Å². The number of hydrogen-bond acceptors (Lipinski definition) is 4. The first-order valence-electron chi connectivity index (χ1n) is 10.8. The highest BCUT2D eigenvalue weighted by molar-refractivity contribution is 6.06. The molecule has 3 aromatic carbocycles. The number of halogens is 3. The Morgan fingerprint density at radius 1 is 1.03 bits per heavy atom. The molecule has 0 bridgehead atoms. The summed E-state index contributed by atoms with van der Waals surface area (Å²) in [6.45, 7) is 1.71. The number of amides is 1. The van der Waals surface area contributed by atoms with E-state index in [1.807, 2.05) is 41.0 Å². The number of carbonyl (C=O) groups is 1. The number of anilines is 2. The molecule has 0 fully saturated rings. The van der Waals surface area contributed by atoms with Crippen molar-refractivity contribution in [2.24, 2.45) is 0 Å². The monoisotopic (exact) mass is 478 g/mol. The Hall–Kier alpha value is -4.27. The van der Waals surface area contributed by atoms with Crippen molar-refractivity contribution in [3.05, 3.63) is 95.2 Å². The molecule has 0 unspecified atom stereocenters.